The van der Waals surface area contributed by atoms with E-state index in [1.807, 2.05) is 54.6 Å². The van der Waals surface area contributed by atoms with Crippen molar-refractivity contribution < 1.29 is 9.90 Å². The van der Waals surface area contributed by atoms with E-state index in [4.69, 9.17) is 4.99 Å². The molecule has 0 aromatic heterocycles. The van der Waals surface area contributed by atoms with Gasteiger partial charge >= 0.3 is 0 Å². The normalized spacial score (nSPS) is 19.3. The zero-order valence-corrected chi connectivity index (χ0v) is 17.6. The zero-order valence-electron chi connectivity index (χ0n) is 17.6. The number of Topliss-reactive ketones (excluding diaryl/α,β-unsaturated/α-hetero) is 1. The minimum atomic E-state index is -0.157. The monoisotopic (exact) mass is 397 g/mol. The predicted molar refractivity (Wildman–Crippen MR) is 123 cm³/mol. The maximum Gasteiger partial charge on any atom is 0.168 e. The molecule has 0 heterocycles. The number of ketones is 1. The number of aliphatic hydroxyl groups excluding tert-OH is 1. The van der Waals surface area contributed by atoms with Crippen molar-refractivity contribution in [3.05, 3.63) is 95.3 Å². The highest BCUT2D eigenvalue weighted by Crippen LogP contribution is 2.36. The SMILES string of the molecule is CC1(C)CC(=O)/C(=C(/O)Cc2cccc3ccccc23)C(=NCc2ccccc2)C1. The van der Waals surface area contributed by atoms with Gasteiger partial charge in [0.15, 0.2) is 5.78 Å². The lowest BCUT2D eigenvalue weighted by Gasteiger charge is -2.31. The topological polar surface area (TPSA) is 49.7 Å². The van der Waals surface area contributed by atoms with Gasteiger partial charge in [-0.1, -0.05) is 86.6 Å². The first-order valence-corrected chi connectivity index (χ1v) is 10.4. The van der Waals surface area contributed by atoms with Crippen LogP contribution in [0.1, 0.15) is 37.8 Å². The Kier molecular flexibility index (Phi) is 5.54. The molecule has 1 aliphatic carbocycles. The van der Waals surface area contributed by atoms with Gasteiger partial charge in [-0.05, 0) is 33.7 Å². The number of allylic oxidation sites excluding steroid dienone is 2. The van der Waals surface area contributed by atoms with Crippen LogP contribution in [0.15, 0.2) is 89.1 Å². The van der Waals surface area contributed by atoms with E-state index >= 15 is 0 Å². The lowest BCUT2D eigenvalue weighted by Crippen LogP contribution is -2.33. The van der Waals surface area contributed by atoms with Crippen LogP contribution in [-0.4, -0.2) is 16.6 Å². The highest BCUT2D eigenvalue weighted by molar-refractivity contribution is 6.24. The molecule has 0 spiro atoms. The number of hydrogen-bond donors (Lipinski definition) is 1. The van der Waals surface area contributed by atoms with Crippen molar-refractivity contribution in [1.29, 1.82) is 0 Å². The average Bonchev–Trinajstić information content (AvgIpc) is 2.72. The molecule has 0 bridgehead atoms. The molecule has 3 nitrogen and oxygen atoms in total. The van der Waals surface area contributed by atoms with E-state index in [2.05, 4.69) is 32.0 Å². The van der Waals surface area contributed by atoms with E-state index in [0.29, 0.717) is 31.4 Å². The standard InChI is InChI=1S/C27H27NO2/c1-27(2)16-23(28-18-19-9-4-3-5-10-19)26(25(30)17-27)24(29)15-21-13-8-12-20-11-6-7-14-22(20)21/h3-14,29H,15-18H2,1-2H3/b26-24+,28-23?. The second-order valence-corrected chi connectivity index (χ2v) is 8.83. The summed E-state index contributed by atoms with van der Waals surface area (Å²) in [6.07, 6.45) is 1.43. The molecule has 30 heavy (non-hydrogen) atoms. The number of nitrogens with zero attached hydrogens (tertiary/aromatic N) is 1. The van der Waals surface area contributed by atoms with Crippen molar-refractivity contribution >= 4 is 22.3 Å². The van der Waals surface area contributed by atoms with Crippen molar-refractivity contribution in [1.82, 2.24) is 0 Å². The molecule has 0 unspecified atom stereocenters. The Balaban J connectivity index is 1.72. The van der Waals surface area contributed by atoms with E-state index in [-0.39, 0.29) is 17.0 Å². The lowest BCUT2D eigenvalue weighted by molar-refractivity contribution is -0.117. The molecule has 1 N–H and O–H groups in total. The lowest BCUT2D eigenvalue weighted by atomic mass is 9.73. The minimum absolute atomic E-state index is 0.0178. The van der Waals surface area contributed by atoms with E-state index in [1.54, 1.807) is 0 Å². The molecule has 0 saturated heterocycles. The fraction of sp³-hybridized carbons (Fsp3) is 0.259. The summed E-state index contributed by atoms with van der Waals surface area (Å²) in [5, 5.41) is 13.3. The van der Waals surface area contributed by atoms with Gasteiger partial charge in [0.1, 0.15) is 5.76 Å². The van der Waals surface area contributed by atoms with Crippen molar-refractivity contribution in [3.8, 4) is 0 Å². The molecule has 1 fully saturated rings. The highest BCUT2D eigenvalue weighted by Gasteiger charge is 2.36. The van der Waals surface area contributed by atoms with Crippen LogP contribution >= 0.6 is 0 Å². The summed E-state index contributed by atoms with van der Waals surface area (Å²) in [6, 6.07) is 24.2. The van der Waals surface area contributed by atoms with E-state index < -0.39 is 0 Å². The molecule has 3 aromatic rings. The van der Waals surface area contributed by atoms with Gasteiger partial charge in [0.05, 0.1) is 12.1 Å². The number of aliphatic hydroxyl groups is 1. The first kappa shape index (κ1) is 20.1. The zero-order chi connectivity index (χ0) is 21.1. The Morgan fingerprint density at radius 3 is 2.43 bits per heavy atom. The van der Waals surface area contributed by atoms with Crippen LogP contribution in [0.2, 0.25) is 0 Å². The molecule has 3 aromatic carbocycles. The summed E-state index contributed by atoms with van der Waals surface area (Å²) in [4.78, 5) is 17.8. The smallest absolute Gasteiger partial charge is 0.168 e. The van der Waals surface area contributed by atoms with E-state index in [1.165, 1.54) is 0 Å². The molecule has 0 radical (unpaired) electrons. The minimum Gasteiger partial charge on any atom is -0.511 e. The van der Waals surface area contributed by atoms with Gasteiger partial charge < -0.3 is 5.11 Å². The summed E-state index contributed by atoms with van der Waals surface area (Å²) < 4.78 is 0. The van der Waals surface area contributed by atoms with Gasteiger partial charge in [-0.15, -0.1) is 0 Å². The fourth-order valence-corrected chi connectivity index (χ4v) is 4.24. The first-order chi connectivity index (χ1) is 14.4. The Bertz CT molecular complexity index is 1130. The summed E-state index contributed by atoms with van der Waals surface area (Å²) in [7, 11) is 0. The number of carbonyl (C=O) groups excluding carboxylic acids is 1. The van der Waals surface area contributed by atoms with Crippen molar-refractivity contribution in [3.63, 3.8) is 0 Å². The van der Waals surface area contributed by atoms with Gasteiger partial charge in [0.2, 0.25) is 0 Å². The molecule has 3 heteroatoms. The van der Waals surface area contributed by atoms with Crippen molar-refractivity contribution in [2.24, 2.45) is 10.4 Å². The Morgan fingerprint density at radius 1 is 0.933 bits per heavy atom. The summed E-state index contributed by atoms with van der Waals surface area (Å²) in [6.45, 7) is 4.67. The Labute approximate surface area is 177 Å². The highest BCUT2D eigenvalue weighted by atomic mass is 16.3. The number of aliphatic imine (C=N–C) groups is 1. The van der Waals surface area contributed by atoms with Crippen LogP contribution in [-0.2, 0) is 17.8 Å². The van der Waals surface area contributed by atoms with Crippen LogP contribution < -0.4 is 0 Å². The van der Waals surface area contributed by atoms with Crippen LogP contribution in [0, 0.1) is 5.41 Å². The van der Waals surface area contributed by atoms with Crippen LogP contribution in [0.4, 0.5) is 0 Å². The fourth-order valence-electron chi connectivity index (χ4n) is 4.24. The molecule has 4 rings (SSSR count). The molecule has 152 valence electrons. The largest absolute Gasteiger partial charge is 0.511 e. The number of benzene rings is 3. The van der Waals surface area contributed by atoms with Gasteiger partial charge in [-0.2, -0.15) is 0 Å². The quantitative estimate of drug-likeness (QED) is 0.419. The summed E-state index contributed by atoms with van der Waals surface area (Å²) in [5.74, 6) is 0.106. The van der Waals surface area contributed by atoms with Gasteiger partial charge in [-0.25, -0.2) is 0 Å². The molecule has 0 amide bonds. The number of carbonyl (C=O) groups is 1. The first-order valence-electron chi connectivity index (χ1n) is 10.4. The summed E-state index contributed by atoms with van der Waals surface area (Å²) >= 11 is 0. The molecular formula is C27H27NO2. The third kappa shape index (κ3) is 4.35. The maximum absolute atomic E-state index is 13.0. The molecule has 0 atom stereocenters. The Hall–Kier alpha value is -3.20. The molecule has 1 saturated carbocycles. The predicted octanol–water partition coefficient (Wildman–Crippen LogP) is 6.22. The second-order valence-electron chi connectivity index (χ2n) is 8.83. The average molecular weight is 398 g/mol. The maximum atomic E-state index is 13.0. The van der Waals surface area contributed by atoms with Crippen LogP contribution in [0.3, 0.4) is 0 Å². The van der Waals surface area contributed by atoms with Gasteiger partial charge in [0.25, 0.3) is 0 Å². The van der Waals surface area contributed by atoms with E-state index in [0.717, 1.165) is 27.6 Å². The molecule has 0 aliphatic heterocycles. The van der Waals surface area contributed by atoms with Crippen LogP contribution in [0.25, 0.3) is 10.8 Å². The number of hydrogen-bond acceptors (Lipinski definition) is 3. The van der Waals surface area contributed by atoms with Crippen molar-refractivity contribution in [2.75, 3.05) is 0 Å². The van der Waals surface area contributed by atoms with Gasteiger partial charge in [-0.3, -0.25) is 9.79 Å². The third-order valence-corrected chi connectivity index (χ3v) is 5.67. The Morgan fingerprint density at radius 2 is 1.63 bits per heavy atom. The van der Waals surface area contributed by atoms with Gasteiger partial charge in [0, 0.05) is 18.6 Å². The van der Waals surface area contributed by atoms with E-state index in [9.17, 15) is 9.90 Å². The molecular weight excluding hydrogens is 370 g/mol. The third-order valence-electron chi connectivity index (χ3n) is 5.67. The molecule has 1 aliphatic rings. The van der Waals surface area contributed by atoms with Crippen LogP contribution in [0.5, 0.6) is 0 Å². The number of rotatable bonds is 4. The summed E-state index contributed by atoms with van der Waals surface area (Å²) in [5.41, 5.74) is 3.08. The number of fused-ring (bicyclic) bond motifs is 1. The van der Waals surface area contributed by atoms with Crippen molar-refractivity contribution in [2.45, 2.75) is 39.7 Å². The second kappa shape index (κ2) is 8.27.